The summed E-state index contributed by atoms with van der Waals surface area (Å²) in [6, 6.07) is 11.1. The number of methoxy groups -OCH3 is 2. The molecule has 172 valence electrons. The highest BCUT2D eigenvalue weighted by Gasteiger charge is 2.20. The van der Waals surface area contributed by atoms with Crippen LogP contribution >= 0.6 is 0 Å². The van der Waals surface area contributed by atoms with E-state index in [-0.39, 0.29) is 36.2 Å². The monoisotopic (exact) mass is 462 g/mol. The first kappa shape index (κ1) is 24.9. The van der Waals surface area contributed by atoms with Gasteiger partial charge in [0.25, 0.3) is 0 Å². The molecule has 0 aliphatic rings. The summed E-state index contributed by atoms with van der Waals surface area (Å²) < 4.78 is 35.1. The van der Waals surface area contributed by atoms with Gasteiger partial charge in [0.05, 0.1) is 43.0 Å². The second-order valence-electron chi connectivity index (χ2n) is 7.07. The van der Waals surface area contributed by atoms with Gasteiger partial charge in [-0.25, -0.2) is 18.0 Å². The Morgan fingerprint density at radius 1 is 1.00 bits per heavy atom. The lowest BCUT2D eigenvalue weighted by Gasteiger charge is -2.22. The molecule has 32 heavy (non-hydrogen) atoms. The van der Waals surface area contributed by atoms with Crippen molar-refractivity contribution < 1.29 is 32.3 Å². The Morgan fingerprint density at radius 3 is 2.28 bits per heavy atom. The average molecular weight is 463 g/mol. The van der Waals surface area contributed by atoms with Crippen LogP contribution in [0.5, 0.6) is 0 Å². The van der Waals surface area contributed by atoms with Crippen molar-refractivity contribution in [3.05, 3.63) is 59.2 Å². The molecule has 9 nitrogen and oxygen atoms in total. The molecule has 0 fully saturated rings. The van der Waals surface area contributed by atoms with E-state index in [1.54, 1.807) is 18.2 Å². The number of carbonyl (C=O) groups excluding carboxylic acids is 3. The van der Waals surface area contributed by atoms with Gasteiger partial charge in [0.2, 0.25) is 15.9 Å². The summed E-state index contributed by atoms with van der Waals surface area (Å²) in [4.78, 5) is 36.3. The molecule has 2 aromatic rings. The van der Waals surface area contributed by atoms with Crippen molar-refractivity contribution in [2.24, 2.45) is 0 Å². The molecule has 1 amide bonds. The Hall–Kier alpha value is -3.40. The molecule has 0 aliphatic heterocycles. The number of carbonyl (C=O) groups is 3. The van der Waals surface area contributed by atoms with E-state index in [2.05, 4.69) is 10.1 Å². The quantitative estimate of drug-likeness (QED) is 0.569. The van der Waals surface area contributed by atoms with Gasteiger partial charge in [-0.2, -0.15) is 0 Å². The van der Waals surface area contributed by atoms with Crippen LogP contribution in [0.25, 0.3) is 0 Å². The highest BCUT2D eigenvalue weighted by atomic mass is 32.2. The largest absolute Gasteiger partial charge is 0.465 e. The average Bonchev–Trinajstić information content (AvgIpc) is 2.74. The number of hydrogen-bond acceptors (Lipinski definition) is 7. The summed E-state index contributed by atoms with van der Waals surface area (Å²) in [6.45, 7) is 1.96. The van der Waals surface area contributed by atoms with Crippen LogP contribution in [0.3, 0.4) is 0 Å². The minimum absolute atomic E-state index is 0.0130. The number of amides is 1. The normalized spacial score (nSPS) is 10.9. The molecule has 0 atom stereocenters. The van der Waals surface area contributed by atoms with Gasteiger partial charge in [-0.05, 0) is 49.2 Å². The van der Waals surface area contributed by atoms with E-state index in [0.29, 0.717) is 5.69 Å². The summed E-state index contributed by atoms with van der Waals surface area (Å²) in [7, 11) is -1.12. The van der Waals surface area contributed by atoms with E-state index in [9.17, 15) is 22.8 Å². The summed E-state index contributed by atoms with van der Waals surface area (Å²) in [6.07, 6.45) is 1.33. The highest BCUT2D eigenvalue weighted by molar-refractivity contribution is 7.92. The lowest BCUT2D eigenvalue weighted by molar-refractivity contribution is -0.116. The smallest absolute Gasteiger partial charge is 0.339 e. The van der Waals surface area contributed by atoms with Gasteiger partial charge >= 0.3 is 11.9 Å². The van der Waals surface area contributed by atoms with E-state index >= 15 is 0 Å². The first-order valence-corrected chi connectivity index (χ1v) is 11.6. The summed E-state index contributed by atoms with van der Waals surface area (Å²) in [5.74, 6) is -1.76. The number of nitrogens with one attached hydrogen (secondary N) is 1. The lowest BCUT2D eigenvalue weighted by Crippen LogP contribution is -2.31. The van der Waals surface area contributed by atoms with Gasteiger partial charge in [0.15, 0.2) is 0 Å². The molecule has 0 bridgehead atoms. The summed E-state index contributed by atoms with van der Waals surface area (Å²) in [5.41, 5.74) is 1.76. The Labute approximate surface area is 187 Å². The number of esters is 2. The van der Waals surface area contributed by atoms with E-state index in [4.69, 9.17) is 4.74 Å². The van der Waals surface area contributed by atoms with Gasteiger partial charge in [-0.1, -0.05) is 12.1 Å². The van der Waals surface area contributed by atoms with E-state index in [1.807, 2.05) is 13.0 Å². The Kier molecular flexibility index (Phi) is 8.36. The molecule has 0 aromatic heterocycles. The molecule has 2 rings (SSSR count). The van der Waals surface area contributed by atoms with E-state index < -0.39 is 27.9 Å². The molecule has 2 aromatic carbocycles. The molecular weight excluding hydrogens is 436 g/mol. The number of rotatable bonds is 9. The van der Waals surface area contributed by atoms with Crippen LogP contribution in [0.15, 0.2) is 42.5 Å². The summed E-state index contributed by atoms with van der Waals surface area (Å²) in [5, 5.41) is 2.59. The van der Waals surface area contributed by atoms with Gasteiger partial charge in [0.1, 0.15) is 0 Å². The third kappa shape index (κ3) is 6.55. The van der Waals surface area contributed by atoms with Gasteiger partial charge in [-0.3, -0.25) is 9.10 Å². The maximum atomic E-state index is 12.5. The zero-order valence-electron chi connectivity index (χ0n) is 18.4. The molecule has 0 unspecified atom stereocenters. The van der Waals surface area contributed by atoms with Crippen molar-refractivity contribution in [1.82, 2.24) is 0 Å². The molecular formula is C22H26N2O7S. The Bertz CT molecular complexity index is 1110. The third-order valence-corrected chi connectivity index (χ3v) is 5.77. The molecule has 0 saturated carbocycles. The van der Waals surface area contributed by atoms with Gasteiger partial charge in [0, 0.05) is 13.0 Å². The zero-order chi connectivity index (χ0) is 23.9. The second-order valence-corrected chi connectivity index (χ2v) is 8.98. The highest BCUT2D eigenvalue weighted by Crippen LogP contribution is 2.22. The van der Waals surface area contributed by atoms with Crippen LogP contribution in [-0.2, 0) is 24.3 Å². The van der Waals surface area contributed by atoms with Crippen LogP contribution in [-0.4, -0.2) is 53.3 Å². The minimum Gasteiger partial charge on any atom is -0.465 e. The van der Waals surface area contributed by atoms with Crippen molar-refractivity contribution in [1.29, 1.82) is 0 Å². The van der Waals surface area contributed by atoms with Gasteiger partial charge < -0.3 is 14.8 Å². The lowest BCUT2D eigenvalue weighted by atomic mass is 10.1. The van der Waals surface area contributed by atoms with Crippen LogP contribution in [0.4, 0.5) is 11.4 Å². The van der Waals surface area contributed by atoms with Crippen molar-refractivity contribution in [3.63, 3.8) is 0 Å². The fraction of sp³-hybridized carbons (Fsp3) is 0.318. The maximum absolute atomic E-state index is 12.5. The SMILES string of the molecule is COC(=O)c1ccc(C(=O)OC)c(NC(=O)CCCN(c2cccc(C)c2)S(C)(=O)=O)c1. The Morgan fingerprint density at radius 2 is 1.69 bits per heavy atom. The predicted molar refractivity (Wildman–Crippen MR) is 120 cm³/mol. The van der Waals surface area contributed by atoms with Gasteiger partial charge in [-0.15, -0.1) is 0 Å². The number of anilines is 2. The second kappa shape index (κ2) is 10.8. The van der Waals surface area contributed by atoms with Crippen LogP contribution in [0.1, 0.15) is 39.1 Å². The number of hydrogen-bond donors (Lipinski definition) is 1. The molecule has 0 heterocycles. The molecule has 0 aliphatic carbocycles. The van der Waals surface area contributed by atoms with E-state index in [1.165, 1.54) is 36.7 Å². The standard InChI is InChI=1S/C22H26N2O7S/c1-15-7-5-8-17(13-15)24(32(4,28)29)12-6-9-20(25)23-19-14-16(21(26)30-2)10-11-18(19)22(27)31-3/h5,7-8,10-11,13-14H,6,9,12H2,1-4H3,(H,23,25). The van der Waals surface area contributed by atoms with Crippen LogP contribution in [0.2, 0.25) is 0 Å². The van der Waals surface area contributed by atoms with Crippen molar-refractivity contribution >= 4 is 39.2 Å². The number of ether oxygens (including phenoxy) is 2. The number of benzene rings is 2. The topological polar surface area (TPSA) is 119 Å². The molecule has 0 radical (unpaired) electrons. The van der Waals surface area contributed by atoms with Crippen molar-refractivity contribution in [2.75, 3.05) is 36.6 Å². The fourth-order valence-electron chi connectivity index (χ4n) is 3.05. The zero-order valence-corrected chi connectivity index (χ0v) is 19.2. The van der Waals surface area contributed by atoms with Crippen LogP contribution in [0, 0.1) is 6.92 Å². The Balaban J connectivity index is 2.13. The van der Waals surface area contributed by atoms with Crippen molar-refractivity contribution in [3.8, 4) is 0 Å². The van der Waals surface area contributed by atoms with E-state index in [0.717, 1.165) is 11.8 Å². The third-order valence-electron chi connectivity index (χ3n) is 4.58. The number of nitrogens with zero attached hydrogens (tertiary/aromatic N) is 1. The number of sulfonamides is 1. The van der Waals surface area contributed by atoms with Crippen molar-refractivity contribution in [2.45, 2.75) is 19.8 Å². The first-order valence-electron chi connectivity index (χ1n) is 9.71. The number of aryl methyl sites for hydroxylation is 1. The first-order chi connectivity index (χ1) is 15.1. The molecule has 0 spiro atoms. The molecule has 0 saturated heterocycles. The minimum atomic E-state index is -3.54. The molecule has 10 heteroatoms. The summed E-state index contributed by atoms with van der Waals surface area (Å²) >= 11 is 0. The maximum Gasteiger partial charge on any atom is 0.339 e. The van der Waals surface area contributed by atoms with Crippen LogP contribution < -0.4 is 9.62 Å². The molecule has 1 N–H and O–H groups in total. The predicted octanol–water partition coefficient (Wildman–Crippen LogP) is 2.75. The fourth-order valence-corrected chi connectivity index (χ4v) is 4.00.